The molecule has 0 heterocycles. The van der Waals surface area contributed by atoms with Gasteiger partial charge in [-0.25, -0.2) is 0 Å². The third kappa shape index (κ3) is 702. The smallest absolute Gasteiger partial charge is 1.00 e. The second-order valence-electron chi connectivity index (χ2n) is 1.20. The molecule has 0 aromatic heterocycles. The third-order valence-corrected chi connectivity index (χ3v) is 0. The fourth-order valence-electron chi connectivity index (χ4n) is 0. The van der Waals surface area contributed by atoms with Crippen molar-refractivity contribution in [3.8, 4) is 0 Å². The van der Waals surface area contributed by atoms with E-state index in [1.807, 2.05) is 0 Å². The van der Waals surface area contributed by atoms with Gasteiger partial charge in [0, 0.05) is 0 Å². The minimum atomic E-state index is -4.61. The zero-order valence-electron chi connectivity index (χ0n) is 8.58. The fraction of sp³-hybridized carbons (Fsp3) is 0. The molecule has 0 saturated carbocycles. The van der Waals surface area contributed by atoms with Crippen LogP contribution in [0.1, 0.15) is 2.85 Å². The number of rotatable bonds is 0. The van der Waals surface area contributed by atoms with Gasteiger partial charge in [-0.05, 0) is 0 Å². The maximum Gasteiger partial charge on any atom is 1.00 e. The van der Waals surface area contributed by atoms with E-state index in [1.165, 1.54) is 0 Å². The fourth-order valence-corrected chi connectivity index (χ4v) is 0. The van der Waals surface area contributed by atoms with E-state index in [1.54, 1.807) is 0 Å². The maximum absolute atomic E-state index is 7.33. The Morgan fingerprint density at radius 2 is 0.500 bits per heavy atom. The first kappa shape index (κ1) is 23.3. The quantitative estimate of drug-likeness (QED) is 0.182. The molecule has 0 atom stereocenters. The van der Waals surface area contributed by atoms with Gasteiger partial charge in [0.25, 0.3) is 0 Å². The topological polar surface area (TPSA) is 162 Å². The molecule has 0 aliphatic carbocycles. The second kappa shape index (κ2) is 8.89. The van der Waals surface area contributed by atoms with Gasteiger partial charge in [-0.15, -0.1) is 0 Å². The average molecular weight is 208 g/mol. The molecular weight excluding hydrogens is 198 g/mol. The van der Waals surface area contributed by atoms with E-state index in [4.69, 9.17) is 38.4 Å². The molecule has 12 heavy (non-hydrogen) atoms. The summed E-state index contributed by atoms with van der Waals surface area (Å²) < 4.78 is 0. The molecule has 0 spiro atoms. The Bertz CT molecular complexity index is 66.3. The van der Waals surface area contributed by atoms with Gasteiger partial charge in [0.1, 0.15) is 0 Å². The van der Waals surface area contributed by atoms with Gasteiger partial charge in [0.05, 0.1) is 0 Å². The Balaban J connectivity index is -0.0000000178. The standard InChI is InChI=1S/2Li.2H4O4Si.2H/c;;2*1-5(2,3)4;;/h;;2*1-4H;;/q2*+1;;;2*-1. The molecule has 0 fully saturated rings. The van der Waals surface area contributed by atoms with Crippen LogP contribution in [0.2, 0.25) is 0 Å². The van der Waals surface area contributed by atoms with E-state index in [0.717, 1.165) is 0 Å². The molecule has 0 aromatic carbocycles. The monoisotopic (exact) mass is 208 g/mol. The summed E-state index contributed by atoms with van der Waals surface area (Å²) in [6.45, 7) is 0. The maximum atomic E-state index is 7.33. The first-order valence-electron chi connectivity index (χ1n) is 1.79. The van der Waals surface area contributed by atoms with E-state index in [2.05, 4.69) is 0 Å². The molecule has 12 heteroatoms. The van der Waals surface area contributed by atoms with Crippen molar-refractivity contribution in [1.29, 1.82) is 0 Å². The van der Waals surface area contributed by atoms with Crippen molar-refractivity contribution >= 4 is 18.1 Å². The van der Waals surface area contributed by atoms with E-state index < -0.39 is 18.1 Å². The molecule has 0 radical (unpaired) electrons. The number of hydrogen-bond acceptors (Lipinski definition) is 8. The van der Waals surface area contributed by atoms with Gasteiger partial charge in [-0.3, -0.25) is 0 Å². The van der Waals surface area contributed by atoms with Gasteiger partial charge >= 0.3 is 55.8 Å². The first-order valence-corrected chi connectivity index (χ1v) is 5.37. The summed E-state index contributed by atoms with van der Waals surface area (Å²) in [6.07, 6.45) is 0. The average Bonchev–Trinajstić information content (AvgIpc) is 1.12. The SMILES string of the molecule is O[Si](O)(O)O.O[Si](O)(O)O.[H-].[H-].[Li+].[Li+]. The molecule has 8 nitrogen and oxygen atoms in total. The van der Waals surface area contributed by atoms with Crippen molar-refractivity contribution in [3.63, 3.8) is 0 Å². The molecule has 0 aliphatic rings. The Kier molecular flexibility index (Phi) is 17.2. The summed E-state index contributed by atoms with van der Waals surface area (Å²) in [6, 6.07) is 0. The van der Waals surface area contributed by atoms with E-state index in [0.29, 0.717) is 0 Å². The van der Waals surface area contributed by atoms with Gasteiger partial charge < -0.3 is 41.2 Å². The molecule has 0 amide bonds. The van der Waals surface area contributed by atoms with Crippen LogP contribution in [0, 0.1) is 0 Å². The Morgan fingerprint density at radius 1 is 0.500 bits per heavy atom. The zero-order valence-corrected chi connectivity index (χ0v) is 8.58. The Labute approximate surface area is 97.0 Å². The summed E-state index contributed by atoms with van der Waals surface area (Å²) in [7, 11) is -9.22. The van der Waals surface area contributed by atoms with Gasteiger partial charge in [-0.1, -0.05) is 0 Å². The Morgan fingerprint density at radius 3 is 0.500 bits per heavy atom. The molecule has 0 aliphatic heterocycles. The van der Waals surface area contributed by atoms with Crippen molar-refractivity contribution in [2.45, 2.75) is 0 Å². The van der Waals surface area contributed by atoms with E-state index in [-0.39, 0.29) is 40.6 Å². The summed E-state index contributed by atoms with van der Waals surface area (Å²) in [5.74, 6) is 0. The van der Waals surface area contributed by atoms with Crippen LogP contribution in [-0.4, -0.2) is 56.5 Å². The van der Waals surface area contributed by atoms with Gasteiger partial charge in [-0.2, -0.15) is 0 Å². The van der Waals surface area contributed by atoms with Crippen LogP contribution in [0.15, 0.2) is 0 Å². The van der Waals surface area contributed by atoms with Crippen LogP contribution in [0.3, 0.4) is 0 Å². The summed E-state index contributed by atoms with van der Waals surface area (Å²) >= 11 is 0. The summed E-state index contributed by atoms with van der Waals surface area (Å²) in [5, 5.41) is 0. The van der Waals surface area contributed by atoms with Crippen molar-refractivity contribution in [1.82, 2.24) is 0 Å². The van der Waals surface area contributed by atoms with E-state index >= 15 is 0 Å². The minimum Gasteiger partial charge on any atom is -1.00 e. The molecular formula is H10Li2O8Si2. The second-order valence-corrected chi connectivity index (χ2v) is 3.60. The largest absolute Gasteiger partial charge is 1.00 e. The van der Waals surface area contributed by atoms with Gasteiger partial charge in [0.2, 0.25) is 0 Å². The molecule has 0 saturated heterocycles. The zero-order chi connectivity index (χ0) is 9.00. The molecule has 8 N–H and O–H groups in total. The molecule has 68 valence electrons. The Hall–Kier alpha value is 1.31. The predicted octanol–water partition coefficient (Wildman–Crippen LogP) is -11.0. The van der Waals surface area contributed by atoms with Crippen LogP contribution in [0.5, 0.6) is 0 Å². The van der Waals surface area contributed by atoms with Crippen LogP contribution in [0.25, 0.3) is 0 Å². The van der Waals surface area contributed by atoms with Crippen molar-refractivity contribution < 1.29 is 78.9 Å². The van der Waals surface area contributed by atoms with E-state index in [9.17, 15) is 0 Å². The minimum absolute atomic E-state index is 0. The van der Waals surface area contributed by atoms with Crippen molar-refractivity contribution in [3.05, 3.63) is 0 Å². The predicted molar refractivity (Wildman–Crippen MR) is 31.5 cm³/mol. The first-order chi connectivity index (χ1) is 4.00. The molecule has 0 aromatic rings. The van der Waals surface area contributed by atoms with Gasteiger partial charge in [0.15, 0.2) is 0 Å². The molecule has 0 unspecified atom stereocenters. The van der Waals surface area contributed by atoms with Crippen molar-refractivity contribution in [2.75, 3.05) is 0 Å². The van der Waals surface area contributed by atoms with Crippen LogP contribution in [0.4, 0.5) is 0 Å². The van der Waals surface area contributed by atoms with Crippen LogP contribution >= 0.6 is 0 Å². The summed E-state index contributed by atoms with van der Waals surface area (Å²) in [5.41, 5.74) is 0. The number of hydrogen-bond donors (Lipinski definition) is 8. The van der Waals surface area contributed by atoms with Crippen LogP contribution < -0.4 is 37.7 Å². The normalized spacial score (nSPS) is 10.0. The molecule has 0 rings (SSSR count). The molecule has 0 bridgehead atoms. The third-order valence-electron chi connectivity index (χ3n) is 0. The van der Waals surface area contributed by atoms with Crippen molar-refractivity contribution in [2.24, 2.45) is 0 Å². The van der Waals surface area contributed by atoms with Crippen LogP contribution in [-0.2, 0) is 0 Å². The summed E-state index contributed by atoms with van der Waals surface area (Å²) in [4.78, 5) is 58.6.